The number of piperidine rings is 1. The molecular weight excluding hydrogens is 308 g/mol. The topological polar surface area (TPSA) is 61.3 Å². The summed E-state index contributed by atoms with van der Waals surface area (Å²) in [6, 6.07) is 0.823. The van der Waals surface area contributed by atoms with E-state index < -0.39 is 0 Å². The molecule has 0 aromatic carbocycles. The van der Waals surface area contributed by atoms with Crippen molar-refractivity contribution in [2.75, 3.05) is 16.8 Å². The van der Waals surface area contributed by atoms with Gasteiger partial charge in [0.15, 0.2) is 0 Å². The van der Waals surface area contributed by atoms with E-state index in [4.69, 9.17) is 0 Å². The van der Waals surface area contributed by atoms with Gasteiger partial charge >= 0.3 is 0 Å². The summed E-state index contributed by atoms with van der Waals surface area (Å²) >= 11 is 3.62. The fraction of sp³-hybridized carbons (Fsp3) is 0.692. The molecule has 2 aliphatic rings. The summed E-state index contributed by atoms with van der Waals surface area (Å²) in [5.74, 6) is 1.81. The number of hydrogen-bond acceptors (Lipinski definition) is 5. The standard InChI is InChI=1S/C13H19BrN4O/c1-2-15-12-11(14)13(17-7-16-12)18-8-3-4-9(18)6-10(19)5-8/h7-10,19H,2-6H2,1H3,(H,15,16,17). The first kappa shape index (κ1) is 13.1. The molecule has 2 saturated heterocycles. The van der Waals surface area contributed by atoms with E-state index >= 15 is 0 Å². The van der Waals surface area contributed by atoms with E-state index in [0.717, 1.165) is 48.3 Å². The summed E-state index contributed by atoms with van der Waals surface area (Å²) in [5.41, 5.74) is 0. The highest BCUT2D eigenvalue weighted by atomic mass is 79.9. The number of halogens is 1. The van der Waals surface area contributed by atoms with Crippen molar-refractivity contribution in [3.8, 4) is 0 Å². The van der Waals surface area contributed by atoms with E-state index in [2.05, 4.69) is 43.0 Å². The second-order valence-electron chi connectivity index (χ2n) is 5.31. The number of nitrogens with zero attached hydrogens (tertiary/aromatic N) is 3. The molecule has 2 atom stereocenters. The molecule has 0 aliphatic carbocycles. The van der Waals surface area contributed by atoms with Crippen LogP contribution < -0.4 is 10.2 Å². The van der Waals surface area contributed by atoms with E-state index in [1.165, 1.54) is 0 Å². The van der Waals surface area contributed by atoms with E-state index in [1.54, 1.807) is 6.33 Å². The molecule has 0 saturated carbocycles. The largest absolute Gasteiger partial charge is 0.393 e. The molecule has 1 aromatic rings. The molecule has 0 amide bonds. The average Bonchev–Trinajstić information content (AvgIpc) is 2.65. The minimum atomic E-state index is -0.150. The molecule has 0 radical (unpaired) electrons. The van der Waals surface area contributed by atoms with Crippen molar-refractivity contribution >= 4 is 27.6 Å². The lowest BCUT2D eigenvalue weighted by Crippen LogP contribution is -2.45. The van der Waals surface area contributed by atoms with Crippen molar-refractivity contribution in [1.82, 2.24) is 9.97 Å². The fourth-order valence-electron chi connectivity index (χ4n) is 3.33. The van der Waals surface area contributed by atoms with Crippen molar-refractivity contribution < 1.29 is 5.11 Å². The summed E-state index contributed by atoms with van der Waals surface area (Å²) in [7, 11) is 0. The fourth-order valence-corrected chi connectivity index (χ4v) is 3.88. The zero-order chi connectivity index (χ0) is 13.4. The van der Waals surface area contributed by atoms with Crippen molar-refractivity contribution in [2.45, 2.75) is 50.8 Å². The Bertz CT molecular complexity index is 456. The van der Waals surface area contributed by atoms with Crippen LogP contribution in [-0.4, -0.2) is 39.8 Å². The number of aromatic nitrogens is 2. The Hall–Kier alpha value is -0.880. The van der Waals surface area contributed by atoms with Crippen LogP contribution in [0.2, 0.25) is 0 Å². The summed E-state index contributed by atoms with van der Waals surface area (Å²) < 4.78 is 0.935. The Labute approximate surface area is 121 Å². The van der Waals surface area contributed by atoms with Crippen molar-refractivity contribution in [3.63, 3.8) is 0 Å². The first-order valence-electron chi connectivity index (χ1n) is 6.91. The molecule has 104 valence electrons. The molecule has 6 heteroatoms. The Kier molecular flexibility index (Phi) is 3.62. The van der Waals surface area contributed by atoms with Crippen LogP contribution in [0.4, 0.5) is 11.6 Å². The summed E-state index contributed by atoms with van der Waals surface area (Å²) in [5, 5.41) is 13.1. The van der Waals surface area contributed by atoms with Gasteiger partial charge in [0, 0.05) is 18.6 Å². The zero-order valence-electron chi connectivity index (χ0n) is 11.0. The third-order valence-corrected chi connectivity index (χ3v) is 4.80. The molecule has 19 heavy (non-hydrogen) atoms. The van der Waals surface area contributed by atoms with Crippen molar-refractivity contribution in [3.05, 3.63) is 10.8 Å². The maximum atomic E-state index is 9.88. The lowest BCUT2D eigenvalue weighted by atomic mass is 10.00. The number of rotatable bonds is 3. The number of aliphatic hydroxyl groups is 1. The van der Waals surface area contributed by atoms with Crippen LogP contribution in [-0.2, 0) is 0 Å². The monoisotopic (exact) mass is 326 g/mol. The van der Waals surface area contributed by atoms with Gasteiger partial charge in [-0.15, -0.1) is 0 Å². The van der Waals surface area contributed by atoms with Gasteiger partial charge in [-0.25, -0.2) is 9.97 Å². The minimum absolute atomic E-state index is 0.150. The summed E-state index contributed by atoms with van der Waals surface area (Å²) in [6.45, 7) is 2.88. The second kappa shape index (κ2) is 5.25. The second-order valence-corrected chi connectivity index (χ2v) is 6.10. The predicted octanol–water partition coefficient (Wildman–Crippen LogP) is 2.16. The molecular formula is C13H19BrN4O. The molecule has 3 heterocycles. The van der Waals surface area contributed by atoms with Crippen LogP contribution in [0.5, 0.6) is 0 Å². The number of nitrogens with one attached hydrogen (secondary N) is 1. The predicted molar refractivity (Wildman–Crippen MR) is 78.4 cm³/mol. The molecule has 2 N–H and O–H groups in total. The number of anilines is 2. The van der Waals surface area contributed by atoms with E-state index in [1.807, 2.05) is 0 Å². The van der Waals surface area contributed by atoms with Gasteiger partial charge in [0.1, 0.15) is 22.4 Å². The maximum Gasteiger partial charge on any atom is 0.149 e. The van der Waals surface area contributed by atoms with Crippen LogP contribution in [0.25, 0.3) is 0 Å². The number of hydrogen-bond donors (Lipinski definition) is 2. The van der Waals surface area contributed by atoms with Gasteiger partial charge in [0.25, 0.3) is 0 Å². The number of fused-ring (bicyclic) bond motifs is 2. The van der Waals surface area contributed by atoms with Gasteiger partial charge in [-0.05, 0) is 48.5 Å². The zero-order valence-corrected chi connectivity index (χ0v) is 12.6. The first-order valence-corrected chi connectivity index (χ1v) is 7.70. The highest BCUT2D eigenvalue weighted by Crippen LogP contribution is 2.42. The molecule has 2 bridgehead atoms. The third-order valence-electron chi connectivity index (χ3n) is 4.07. The van der Waals surface area contributed by atoms with Crippen molar-refractivity contribution in [1.29, 1.82) is 0 Å². The number of aliphatic hydroxyl groups excluding tert-OH is 1. The molecule has 0 spiro atoms. The van der Waals surface area contributed by atoms with Crippen LogP contribution in [0.1, 0.15) is 32.6 Å². The first-order chi connectivity index (χ1) is 9.20. The lowest BCUT2D eigenvalue weighted by Gasteiger charge is -2.38. The molecule has 1 aromatic heterocycles. The van der Waals surface area contributed by atoms with Gasteiger partial charge in [-0.1, -0.05) is 0 Å². The highest BCUT2D eigenvalue weighted by molar-refractivity contribution is 9.10. The molecule has 3 rings (SSSR count). The molecule has 5 nitrogen and oxygen atoms in total. The SMILES string of the molecule is CCNc1ncnc(N2C3CCC2CC(O)C3)c1Br. The van der Waals surface area contributed by atoms with Crippen LogP contribution >= 0.6 is 15.9 Å². The summed E-state index contributed by atoms with van der Waals surface area (Å²) in [4.78, 5) is 11.1. The minimum Gasteiger partial charge on any atom is -0.393 e. The van der Waals surface area contributed by atoms with Gasteiger partial charge in [-0.2, -0.15) is 0 Å². The quantitative estimate of drug-likeness (QED) is 0.891. The third kappa shape index (κ3) is 2.31. The van der Waals surface area contributed by atoms with Crippen LogP contribution in [0, 0.1) is 0 Å². The molecule has 2 unspecified atom stereocenters. The molecule has 2 aliphatic heterocycles. The van der Waals surface area contributed by atoms with Crippen molar-refractivity contribution in [2.24, 2.45) is 0 Å². The average molecular weight is 327 g/mol. The summed E-state index contributed by atoms with van der Waals surface area (Å²) in [6.07, 6.45) is 5.46. The molecule has 2 fully saturated rings. The smallest absolute Gasteiger partial charge is 0.149 e. The van der Waals surface area contributed by atoms with E-state index in [9.17, 15) is 5.11 Å². The van der Waals surface area contributed by atoms with Gasteiger partial charge in [0.05, 0.1) is 6.10 Å². The van der Waals surface area contributed by atoms with Gasteiger partial charge < -0.3 is 15.3 Å². The van der Waals surface area contributed by atoms with Crippen LogP contribution in [0.15, 0.2) is 10.8 Å². The Morgan fingerprint density at radius 2 is 2.05 bits per heavy atom. The lowest BCUT2D eigenvalue weighted by molar-refractivity contribution is 0.126. The Morgan fingerprint density at radius 1 is 1.37 bits per heavy atom. The normalized spacial score (nSPS) is 29.6. The Balaban J connectivity index is 1.92. The highest BCUT2D eigenvalue weighted by Gasteiger charge is 2.41. The van der Waals surface area contributed by atoms with E-state index in [-0.39, 0.29) is 6.10 Å². The Morgan fingerprint density at radius 3 is 2.68 bits per heavy atom. The maximum absolute atomic E-state index is 9.88. The van der Waals surface area contributed by atoms with Crippen LogP contribution in [0.3, 0.4) is 0 Å². The van der Waals surface area contributed by atoms with Gasteiger partial charge in [0.2, 0.25) is 0 Å². The van der Waals surface area contributed by atoms with E-state index in [0.29, 0.717) is 12.1 Å². The van der Waals surface area contributed by atoms with Gasteiger partial charge in [-0.3, -0.25) is 0 Å².